The molecule has 2 aromatic carbocycles. The summed E-state index contributed by atoms with van der Waals surface area (Å²) in [5, 5.41) is 13.2. The Labute approximate surface area is 142 Å². The van der Waals surface area contributed by atoms with E-state index in [4.69, 9.17) is 5.11 Å². The van der Waals surface area contributed by atoms with Crippen molar-refractivity contribution in [3.05, 3.63) is 86.1 Å². The summed E-state index contributed by atoms with van der Waals surface area (Å²) in [5.41, 5.74) is 1.27. The topological polar surface area (TPSA) is 105 Å². The smallest absolute Gasteiger partial charge is 0.345 e. The van der Waals surface area contributed by atoms with E-state index in [1.807, 2.05) is 19.1 Å². The van der Waals surface area contributed by atoms with E-state index in [0.29, 0.717) is 11.1 Å². The molecule has 25 heavy (non-hydrogen) atoms. The van der Waals surface area contributed by atoms with Crippen LogP contribution in [0.1, 0.15) is 21.5 Å². The number of hydrogen-bond acceptors (Lipinski definition) is 4. The van der Waals surface area contributed by atoms with Crippen LogP contribution in [-0.2, 0) is 6.54 Å². The molecule has 3 aromatic rings. The molecule has 0 saturated carbocycles. The third kappa shape index (κ3) is 3.55. The Kier molecular flexibility index (Phi) is 4.30. The van der Waals surface area contributed by atoms with E-state index in [9.17, 15) is 14.4 Å². The molecule has 1 heterocycles. The van der Waals surface area contributed by atoms with Gasteiger partial charge in [0.1, 0.15) is 0 Å². The second-order valence-electron chi connectivity index (χ2n) is 5.64. The lowest BCUT2D eigenvalue weighted by molar-refractivity contribution is 0.0696. The van der Waals surface area contributed by atoms with Gasteiger partial charge in [-0.15, -0.1) is 0 Å². The molecule has 126 valence electrons. The Morgan fingerprint density at radius 1 is 1.16 bits per heavy atom. The second-order valence-corrected chi connectivity index (χ2v) is 5.64. The molecule has 0 bridgehead atoms. The van der Waals surface area contributed by atoms with Gasteiger partial charge in [0.25, 0.3) is 5.56 Å². The summed E-state index contributed by atoms with van der Waals surface area (Å²) in [6.07, 6.45) is 0. The fourth-order valence-electron chi connectivity index (χ4n) is 2.42. The largest absolute Gasteiger partial charge is 0.478 e. The summed E-state index contributed by atoms with van der Waals surface area (Å²) in [5.74, 6) is -1.05. The molecule has 0 aliphatic heterocycles. The number of nitrogens with one attached hydrogen (secondary N) is 1. The standard InChI is InChI=1S/C18H15N3O4/c1-11-5-7-13(8-6-11)15-16(22)19-18(25)21(20-15)10-12-3-2-4-14(9-12)17(23)24/h2-9H,10H2,1H3,(H,23,24)(H,19,22,25). The van der Waals surface area contributed by atoms with Crippen molar-refractivity contribution in [2.75, 3.05) is 0 Å². The first kappa shape index (κ1) is 16.4. The molecule has 7 nitrogen and oxygen atoms in total. The number of carbonyl (C=O) groups is 1. The zero-order chi connectivity index (χ0) is 18.0. The van der Waals surface area contributed by atoms with Crippen molar-refractivity contribution in [2.24, 2.45) is 0 Å². The molecule has 0 fully saturated rings. The SMILES string of the molecule is Cc1ccc(-c2nn(Cc3cccc(C(=O)O)c3)c(=O)[nH]c2=O)cc1. The number of aryl methyl sites for hydroxylation is 1. The minimum atomic E-state index is -1.05. The maximum atomic E-state index is 12.1. The van der Waals surface area contributed by atoms with E-state index in [1.165, 1.54) is 12.1 Å². The van der Waals surface area contributed by atoms with Crippen molar-refractivity contribution in [3.63, 3.8) is 0 Å². The highest BCUT2D eigenvalue weighted by molar-refractivity contribution is 5.87. The van der Waals surface area contributed by atoms with E-state index >= 15 is 0 Å². The van der Waals surface area contributed by atoms with Crippen LogP contribution < -0.4 is 11.2 Å². The number of carboxylic acids is 1. The Balaban J connectivity index is 2.02. The molecule has 0 aliphatic carbocycles. The molecule has 2 N–H and O–H groups in total. The zero-order valence-electron chi connectivity index (χ0n) is 13.4. The zero-order valence-corrected chi connectivity index (χ0v) is 13.4. The molecule has 0 aliphatic rings. The quantitative estimate of drug-likeness (QED) is 0.753. The highest BCUT2D eigenvalue weighted by Gasteiger charge is 2.10. The number of rotatable bonds is 4. The molecule has 0 amide bonds. The number of hydrogen-bond donors (Lipinski definition) is 2. The van der Waals surface area contributed by atoms with Gasteiger partial charge in [0.15, 0.2) is 5.69 Å². The van der Waals surface area contributed by atoms with Gasteiger partial charge in [-0.25, -0.2) is 14.3 Å². The van der Waals surface area contributed by atoms with Gasteiger partial charge in [-0.2, -0.15) is 5.10 Å². The molecule has 0 radical (unpaired) electrons. The van der Waals surface area contributed by atoms with Crippen LogP contribution in [0.25, 0.3) is 11.3 Å². The summed E-state index contributed by atoms with van der Waals surface area (Å²) in [6, 6.07) is 13.4. The van der Waals surface area contributed by atoms with E-state index in [2.05, 4.69) is 10.1 Å². The van der Waals surface area contributed by atoms with Crippen molar-refractivity contribution in [1.82, 2.24) is 14.8 Å². The second kappa shape index (κ2) is 6.56. The molecule has 0 spiro atoms. The lowest BCUT2D eigenvalue weighted by atomic mass is 10.1. The Bertz CT molecular complexity index is 1050. The molecule has 0 saturated heterocycles. The Morgan fingerprint density at radius 3 is 2.56 bits per heavy atom. The highest BCUT2D eigenvalue weighted by Crippen LogP contribution is 2.13. The molecule has 1 aromatic heterocycles. The summed E-state index contributed by atoms with van der Waals surface area (Å²) in [4.78, 5) is 37.4. The van der Waals surface area contributed by atoms with Gasteiger partial charge in [0, 0.05) is 5.56 Å². The maximum absolute atomic E-state index is 12.1. The number of H-pyrrole nitrogens is 1. The number of benzene rings is 2. The van der Waals surface area contributed by atoms with E-state index in [1.54, 1.807) is 24.3 Å². The van der Waals surface area contributed by atoms with Crippen LogP contribution in [0.4, 0.5) is 0 Å². The van der Waals surface area contributed by atoms with E-state index < -0.39 is 17.2 Å². The number of nitrogens with zero attached hydrogens (tertiary/aromatic N) is 2. The van der Waals surface area contributed by atoms with Gasteiger partial charge in [-0.1, -0.05) is 42.0 Å². The van der Waals surface area contributed by atoms with Crippen LogP contribution in [-0.4, -0.2) is 25.8 Å². The van der Waals surface area contributed by atoms with Crippen molar-refractivity contribution in [1.29, 1.82) is 0 Å². The van der Waals surface area contributed by atoms with Crippen molar-refractivity contribution < 1.29 is 9.90 Å². The first-order valence-electron chi connectivity index (χ1n) is 7.55. The Morgan fingerprint density at radius 2 is 1.88 bits per heavy atom. The first-order valence-corrected chi connectivity index (χ1v) is 7.55. The van der Waals surface area contributed by atoms with Crippen molar-refractivity contribution in [3.8, 4) is 11.3 Å². The Hall–Kier alpha value is -3.48. The van der Waals surface area contributed by atoms with Gasteiger partial charge in [-0.05, 0) is 24.6 Å². The molecule has 7 heteroatoms. The van der Waals surface area contributed by atoms with Crippen LogP contribution >= 0.6 is 0 Å². The lowest BCUT2D eigenvalue weighted by Crippen LogP contribution is -2.33. The minimum absolute atomic E-state index is 0.0512. The minimum Gasteiger partial charge on any atom is -0.478 e. The van der Waals surface area contributed by atoms with Crippen molar-refractivity contribution >= 4 is 5.97 Å². The van der Waals surface area contributed by atoms with Gasteiger partial charge in [-0.3, -0.25) is 9.78 Å². The van der Waals surface area contributed by atoms with Gasteiger partial charge in [0.2, 0.25) is 0 Å². The number of aromatic nitrogens is 3. The molecule has 0 atom stereocenters. The third-order valence-electron chi connectivity index (χ3n) is 3.72. The maximum Gasteiger partial charge on any atom is 0.345 e. The van der Waals surface area contributed by atoms with Crippen LogP contribution in [0.5, 0.6) is 0 Å². The average Bonchev–Trinajstić information content (AvgIpc) is 2.58. The van der Waals surface area contributed by atoms with Crippen LogP contribution in [0.3, 0.4) is 0 Å². The predicted molar refractivity (Wildman–Crippen MR) is 91.8 cm³/mol. The van der Waals surface area contributed by atoms with Crippen molar-refractivity contribution in [2.45, 2.75) is 13.5 Å². The third-order valence-corrected chi connectivity index (χ3v) is 3.72. The summed E-state index contributed by atoms with van der Waals surface area (Å²) in [7, 11) is 0. The fourth-order valence-corrected chi connectivity index (χ4v) is 2.42. The van der Waals surface area contributed by atoms with Crippen LogP contribution in [0, 0.1) is 6.92 Å². The lowest BCUT2D eigenvalue weighted by Gasteiger charge is -2.07. The predicted octanol–water partition coefficient (Wildman–Crippen LogP) is 1.65. The van der Waals surface area contributed by atoms with Crippen LogP contribution in [0.2, 0.25) is 0 Å². The van der Waals surface area contributed by atoms with Gasteiger partial charge < -0.3 is 5.11 Å². The first-order chi connectivity index (χ1) is 11.9. The van der Waals surface area contributed by atoms with Gasteiger partial charge in [0.05, 0.1) is 12.1 Å². The monoisotopic (exact) mass is 337 g/mol. The summed E-state index contributed by atoms with van der Waals surface area (Å²) >= 11 is 0. The number of aromatic amines is 1. The fraction of sp³-hybridized carbons (Fsp3) is 0.111. The average molecular weight is 337 g/mol. The highest BCUT2D eigenvalue weighted by atomic mass is 16.4. The molecule has 0 unspecified atom stereocenters. The van der Waals surface area contributed by atoms with Crippen LogP contribution in [0.15, 0.2) is 58.1 Å². The molecule has 3 rings (SSSR count). The number of carboxylic acid groups (broad SMARTS) is 1. The van der Waals surface area contributed by atoms with Gasteiger partial charge >= 0.3 is 11.7 Å². The van der Waals surface area contributed by atoms with E-state index in [-0.39, 0.29) is 17.8 Å². The number of aromatic carboxylic acids is 1. The van der Waals surface area contributed by atoms with E-state index in [0.717, 1.165) is 10.2 Å². The molecular formula is C18H15N3O4. The summed E-state index contributed by atoms with van der Waals surface area (Å²) < 4.78 is 1.11. The molecular weight excluding hydrogens is 322 g/mol. The normalized spacial score (nSPS) is 10.6. The summed E-state index contributed by atoms with van der Waals surface area (Å²) in [6.45, 7) is 1.98.